The van der Waals surface area contributed by atoms with Crippen LogP contribution in [0.3, 0.4) is 0 Å². The topological polar surface area (TPSA) is 247 Å². The van der Waals surface area contributed by atoms with Gasteiger partial charge >= 0.3 is 0 Å². The van der Waals surface area contributed by atoms with Gasteiger partial charge in [-0.05, 0) is 55.6 Å². The maximum atomic E-state index is 12.3. The van der Waals surface area contributed by atoms with Gasteiger partial charge in [-0.3, -0.25) is 5.14 Å². The first-order valence-electron chi connectivity index (χ1n) is 10.7. The maximum absolute atomic E-state index is 12.3. The number of H-pyrrole nitrogens is 1. The molecular formula is C20H31N11O2S2. The van der Waals surface area contributed by atoms with Crippen molar-refractivity contribution in [3.63, 3.8) is 0 Å². The van der Waals surface area contributed by atoms with Gasteiger partial charge in [0, 0.05) is 29.1 Å². The minimum Gasteiger partial charge on any atom is -0.382 e. The summed E-state index contributed by atoms with van der Waals surface area (Å²) in [4.78, 5) is 9.54. The predicted octanol–water partition coefficient (Wildman–Crippen LogP) is -0.450. The normalized spacial score (nSPS) is 14.7. The fraction of sp³-hybridized carbons (Fsp3) is 0.300. The third-order valence-corrected chi connectivity index (χ3v) is 7.16. The van der Waals surface area contributed by atoms with Crippen molar-refractivity contribution in [2.24, 2.45) is 32.7 Å². The number of benzene rings is 2. The van der Waals surface area contributed by atoms with Crippen molar-refractivity contribution < 1.29 is 8.42 Å². The lowest BCUT2D eigenvalue weighted by Gasteiger charge is -2.16. The van der Waals surface area contributed by atoms with Crippen LogP contribution in [0, 0.1) is 0 Å². The number of likely N-dealkylation sites (tertiary alicyclic amines) is 1. The summed E-state index contributed by atoms with van der Waals surface area (Å²) in [5, 5.41) is 14.8. The standard InChI is InChI=1S/C14H17N9O2S2.C6H14N2/c15-13(22-23-17)10-6(4-5-9(26-18)12(10)27(19,24)25)7-2-1-3-8-11(7)21-14(16)20-8;7-3-6-8-4-1-2-5-8/h1-5,23H,17-18H2,(H2,15,22)(H3,16,20,21)(H2,19,24,25);1-7H2. The third kappa shape index (κ3) is 6.21. The zero-order chi connectivity index (χ0) is 25.6. The Hall–Kier alpha value is -2.92. The van der Waals surface area contributed by atoms with E-state index in [9.17, 15) is 8.42 Å². The van der Waals surface area contributed by atoms with Crippen LogP contribution in [0.5, 0.6) is 0 Å². The molecule has 2 aromatic carbocycles. The number of fused-ring (bicyclic) bond motifs is 1. The van der Waals surface area contributed by atoms with Crippen LogP contribution < -0.4 is 38.9 Å². The van der Waals surface area contributed by atoms with E-state index < -0.39 is 10.0 Å². The predicted molar refractivity (Wildman–Crippen MR) is 140 cm³/mol. The number of para-hydroxylation sites is 1. The number of hydrogen-bond donors (Lipinski definition) is 8. The van der Waals surface area contributed by atoms with Crippen LogP contribution in [0.25, 0.3) is 22.2 Å². The van der Waals surface area contributed by atoms with Crippen molar-refractivity contribution in [1.82, 2.24) is 20.4 Å². The number of rotatable bonds is 7. The van der Waals surface area contributed by atoms with Gasteiger partial charge < -0.3 is 27.1 Å². The molecule has 1 fully saturated rings. The Morgan fingerprint density at radius 2 is 1.91 bits per heavy atom. The molecular weight excluding hydrogens is 490 g/mol. The first kappa shape index (κ1) is 26.7. The number of anilines is 1. The molecule has 0 spiro atoms. The Morgan fingerprint density at radius 1 is 1.20 bits per heavy atom. The van der Waals surface area contributed by atoms with Gasteiger partial charge in [-0.2, -0.15) is 0 Å². The number of nitrogens with zero attached hydrogens (tertiary/aromatic N) is 3. The van der Waals surface area contributed by atoms with Crippen molar-refractivity contribution in [2.45, 2.75) is 22.6 Å². The molecule has 190 valence electrons. The maximum Gasteiger partial charge on any atom is 0.239 e. The van der Waals surface area contributed by atoms with Crippen LogP contribution in [0.15, 0.2) is 45.2 Å². The first-order valence-corrected chi connectivity index (χ1v) is 13.2. The minimum atomic E-state index is -4.20. The van der Waals surface area contributed by atoms with Gasteiger partial charge in [0.2, 0.25) is 10.0 Å². The van der Waals surface area contributed by atoms with Gasteiger partial charge in [0.15, 0.2) is 11.8 Å². The molecule has 1 aromatic heterocycles. The number of primary sulfonamides is 1. The number of nitrogens with two attached hydrogens (primary N) is 6. The highest BCUT2D eigenvalue weighted by atomic mass is 32.2. The minimum absolute atomic E-state index is 0.0555. The van der Waals surface area contributed by atoms with Crippen LogP contribution in [0.4, 0.5) is 5.95 Å². The SMILES string of the molecule is NCCN1CCCC1.NN/N=C(\N)c1c(-c2cccc3[nH]c(N)nc23)ccc(SN)c1S(N)(=O)=O. The molecule has 14 N–H and O–H groups in total. The van der Waals surface area contributed by atoms with Gasteiger partial charge in [-0.1, -0.05) is 18.2 Å². The van der Waals surface area contributed by atoms with E-state index in [1.165, 1.54) is 32.0 Å². The van der Waals surface area contributed by atoms with Crippen molar-refractivity contribution in [3.8, 4) is 11.1 Å². The number of aromatic nitrogens is 2. The Morgan fingerprint density at radius 3 is 2.51 bits per heavy atom. The molecule has 13 nitrogen and oxygen atoms in total. The number of hydrogen-bond acceptors (Lipinski definition) is 11. The number of nitrogen functional groups attached to an aromatic ring is 1. The molecule has 1 aliphatic heterocycles. The molecule has 35 heavy (non-hydrogen) atoms. The quantitative estimate of drug-likeness (QED) is 0.0650. The van der Waals surface area contributed by atoms with E-state index in [0.717, 1.165) is 25.0 Å². The third-order valence-electron chi connectivity index (χ3n) is 5.44. The smallest absolute Gasteiger partial charge is 0.239 e. The number of sulfonamides is 1. The van der Waals surface area contributed by atoms with E-state index in [1.54, 1.807) is 24.3 Å². The van der Waals surface area contributed by atoms with Crippen LogP contribution in [0.2, 0.25) is 0 Å². The van der Waals surface area contributed by atoms with E-state index in [0.29, 0.717) is 22.2 Å². The highest BCUT2D eigenvalue weighted by Gasteiger charge is 2.26. The number of imidazole rings is 1. The second-order valence-corrected chi connectivity index (χ2v) is 9.94. The molecule has 1 saturated heterocycles. The highest BCUT2D eigenvalue weighted by molar-refractivity contribution is 7.98. The van der Waals surface area contributed by atoms with Gasteiger partial charge in [0.25, 0.3) is 0 Å². The molecule has 15 heteroatoms. The van der Waals surface area contributed by atoms with Gasteiger partial charge in [-0.25, -0.2) is 29.9 Å². The molecule has 0 atom stereocenters. The van der Waals surface area contributed by atoms with E-state index in [1.807, 2.05) is 5.53 Å². The average molecular weight is 522 g/mol. The number of amidine groups is 1. The molecule has 0 aliphatic carbocycles. The summed E-state index contributed by atoms with van der Waals surface area (Å²) < 4.78 is 24.6. The summed E-state index contributed by atoms with van der Waals surface area (Å²) in [7, 11) is -4.20. The molecule has 0 unspecified atom stereocenters. The zero-order valence-corrected chi connectivity index (χ0v) is 20.7. The number of hydrazone groups is 1. The lowest BCUT2D eigenvalue weighted by Crippen LogP contribution is -2.27. The van der Waals surface area contributed by atoms with E-state index in [-0.39, 0.29) is 27.1 Å². The Bertz CT molecular complexity index is 1300. The lowest BCUT2D eigenvalue weighted by atomic mass is 9.97. The number of aromatic amines is 1. The Kier molecular flexibility index (Phi) is 8.90. The lowest BCUT2D eigenvalue weighted by molar-refractivity contribution is 0.349. The molecule has 1 aliphatic rings. The van der Waals surface area contributed by atoms with Crippen molar-refractivity contribution >= 4 is 44.8 Å². The molecule has 0 amide bonds. The second-order valence-electron chi connectivity index (χ2n) is 7.77. The summed E-state index contributed by atoms with van der Waals surface area (Å²) in [6.45, 7) is 4.47. The van der Waals surface area contributed by atoms with Gasteiger partial charge in [0.05, 0.1) is 11.0 Å². The summed E-state index contributed by atoms with van der Waals surface area (Å²) in [6.07, 6.45) is 2.75. The van der Waals surface area contributed by atoms with Crippen molar-refractivity contribution in [2.75, 3.05) is 31.9 Å². The monoisotopic (exact) mass is 521 g/mol. The largest absolute Gasteiger partial charge is 0.382 e. The molecule has 0 saturated carbocycles. The molecule has 3 aromatic rings. The summed E-state index contributed by atoms with van der Waals surface area (Å²) in [5.41, 5.74) is 21.4. The van der Waals surface area contributed by atoms with E-state index >= 15 is 0 Å². The van der Waals surface area contributed by atoms with Gasteiger partial charge in [0.1, 0.15) is 4.90 Å². The summed E-state index contributed by atoms with van der Waals surface area (Å²) in [6, 6.07) is 8.47. The Labute approximate surface area is 207 Å². The van der Waals surface area contributed by atoms with Crippen molar-refractivity contribution in [3.05, 3.63) is 35.9 Å². The molecule has 0 radical (unpaired) electrons. The summed E-state index contributed by atoms with van der Waals surface area (Å²) in [5.74, 6) is 5.24. The fourth-order valence-corrected chi connectivity index (χ4v) is 5.70. The van der Waals surface area contributed by atoms with Crippen LogP contribution in [-0.2, 0) is 10.0 Å². The molecule has 4 rings (SSSR count). The Balaban J connectivity index is 0.000000363. The fourth-order valence-electron chi connectivity index (χ4n) is 4.00. The molecule has 0 bridgehead atoms. The molecule has 2 heterocycles. The number of hydrazine groups is 1. The van der Waals surface area contributed by atoms with Crippen LogP contribution in [-0.4, -0.2) is 55.3 Å². The van der Waals surface area contributed by atoms with Crippen molar-refractivity contribution in [1.29, 1.82) is 0 Å². The number of nitrogens with one attached hydrogen (secondary N) is 2. The first-order chi connectivity index (χ1) is 16.7. The highest BCUT2D eigenvalue weighted by Crippen LogP contribution is 2.36. The van der Waals surface area contributed by atoms with E-state index in [4.69, 9.17) is 33.3 Å². The van der Waals surface area contributed by atoms with E-state index in [2.05, 4.69) is 20.0 Å². The van der Waals surface area contributed by atoms with Gasteiger partial charge in [-0.15, -0.1) is 5.10 Å². The van der Waals surface area contributed by atoms with Crippen LogP contribution in [0.1, 0.15) is 18.4 Å². The summed E-state index contributed by atoms with van der Waals surface area (Å²) >= 11 is 0.720. The average Bonchev–Trinajstić information content (AvgIpc) is 3.46. The van der Waals surface area contributed by atoms with Crippen LogP contribution >= 0.6 is 11.9 Å². The second kappa shape index (κ2) is 11.7. The zero-order valence-electron chi connectivity index (χ0n) is 19.1.